The van der Waals surface area contributed by atoms with Crippen molar-refractivity contribution in [3.05, 3.63) is 0 Å². The first-order valence-corrected chi connectivity index (χ1v) is 4.22. The molecule has 1 fully saturated rings. The largest absolute Gasteiger partial charge is 0.383 e. The van der Waals surface area contributed by atoms with Crippen LogP contribution in [0.15, 0.2) is 0 Å². The van der Waals surface area contributed by atoms with Crippen molar-refractivity contribution < 1.29 is 22.4 Å². The van der Waals surface area contributed by atoms with Crippen LogP contribution in [0.1, 0.15) is 19.8 Å². The second-order valence-corrected chi connectivity index (χ2v) is 3.92. The van der Waals surface area contributed by atoms with Crippen molar-refractivity contribution in [3.63, 3.8) is 0 Å². The standard InChI is InChI=1S/C8H11F4NO/c1-7(2-3-7)4-13-6(14)8(11,12)5(9)10/h5H,2-4H2,1H3,(H,13,14). The Morgan fingerprint density at radius 1 is 1.50 bits per heavy atom. The van der Waals surface area contributed by atoms with Crippen molar-refractivity contribution in [2.45, 2.75) is 32.1 Å². The summed E-state index contributed by atoms with van der Waals surface area (Å²) in [5, 5.41) is 1.84. The summed E-state index contributed by atoms with van der Waals surface area (Å²) in [6.07, 6.45) is -2.30. The number of alkyl halides is 4. The summed E-state index contributed by atoms with van der Waals surface area (Å²) < 4.78 is 48.1. The molecule has 0 radical (unpaired) electrons. The highest BCUT2D eigenvalue weighted by atomic mass is 19.3. The Kier molecular flexibility index (Phi) is 2.74. The van der Waals surface area contributed by atoms with E-state index in [1.165, 1.54) is 0 Å². The van der Waals surface area contributed by atoms with Crippen molar-refractivity contribution >= 4 is 5.91 Å². The second-order valence-electron chi connectivity index (χ2n) is 3.92. The maximum absolute atomic E-state index is 12.4. The molecule has 14 heavy (non-hydrogen) atoms. The SMILES string of the molecule is CC1(CNC(=O)C(F)(F)C(F)F)CC1. The minimum absolute atomic E-state index is 0.0359. The smallest absolute Gasteiger partial charge is 0.350 e. The van der Waals surface area contributed by atoms with Crippen LogP contribution in [-0.2, 0) is 4.79 Å². The molecule has 0 spiro atoms. The van der Waals surface area contributed by atoms with E-state index >= 15 is 0 Å². The van der Waals surface area contributed by atoms with Gasteiger partial charge in [0.05, 0.1) is 0 Å². The monoisotopic (exact) mass is 213 g/mol. The molecule has 0 atom stereocenters. The number of rotatable bonds is 4. The third-order valence-electron chi connectivity index (χ3n) is 2.36. The lowest BCUT2D eigenvalue weighted by atomic mass is 10.1. The normalized spacial score (nSPS) is 19.6. The van der Waals surface area contributed by atoms with Crippen LogP contribution in [0.3, 0.4) is 0 Å². The Balaban J connectivity index is 2.41. The second kappa shape index (κ2) is 3.40. The predicted molar refractivity (Wildman–Crippen MR) is 41.3 cm³/mol. The number of carbonyl (C=O) groups is 1. The summed E-state index contributed by atoms with van der Waals surface area (Å²) in [6.45, 7) is 1.84. The van der Waals surface area contributed by atoms with Crippen LogP contribution in [0, 0.1) is 5.41 Å². The van der Waals surface area contributed by atoms with Gasteiger partial charge < -0.3 is 5.32 Å². The van der Waals surface area contributed by atoms with E-state index in [2.05, 4.69) is 0 Å². The maximum Gasteiger partial charge on any atom is 0.383 e. The predicted octanol–water partition coefficient (Wildman–Crippen LogP) is 1.80. The maximum atomic E-state index is 12.4. The van der Waals surface area contributed by atoms with Crippen LogP contribution < -0.4 is 5.32 Å². The van der Waals surface area contributed by atoms with E-state index in [-0.39, 0.29) is 12.0 Å². The van der Waals surface area contributed by atoms with Gasteiger partial charge in [-0.15, -0.1) is 0 Å². The van der Waals surface area contributed by atoms with Crippen molar-refractivity contribution in [1.29, 1.82) is 0 Å². The molecule has 0 saturated heterocycles. The fraction of sp³-hybridized carbons (Fsp3) is 0.875. The molecular weight excluding hydrogens is 202 g/mol. The highest BCUT2D eigenvalue weighted by Gasteiger charge is 2.49. The topological polar surface area (TPSA) is 29.1 Å². The molecule has 0 aromatic rings. The Morgan fingerprint density at radius 2 is 2.00 bits per heavy atom. The molecule has 2 nitrogen and oxygen atoms in total. The zero-order valence-electron chi connectivity index (χ0n) is 7.62. The quantitative estimate of drug-likeness (QED) is 0.709. The summed E-state index contributed by atoms with van der Waals surface area (Å²) in [5.74, 6) is -6.47. The van der Waals surface area contributed by atoms with Crippen LogP contribution in [0.25, 0.3) is 0 Å². The first-order valence-electron chi connectivity index (χ1n) is 4.22. The van der Waals surface area contributed by atoms with Gasteiger partial charge in [-0.05, 0) is 18.3 Å². The Morgan fingerprint density at radius 3 is 2.36 bits per heavy atom. The number of nitrogens with one attached hydrogen (secondary N) is 1. The van der Waals surface area contributed by atoms with E-state index in [0.29, 0.717) is 0 Å². The highest BCUT2D eigenvalue weighted by Crippen LogP contribution is 2.44. The number of amides is 1. The summed E-state index contributed by atoms with van der Waals surface area (Å²) >= 11 is 0. The zero-order valence-corrected chi connectivity index (χ0v) is 7.62. The molecule has 0 aromatic heterocycles. The minimum Gasteiger partial charge on any atom is -0.350 e. The van der Waals surface area contributed by atoms with Crippen molar-refractivity contribution in [3.8, 4) is 0 Å². The van der Waals surface area contributed by atoms with Crippen LogP contribution in [-0.4, -0.2) is 24.8 Å². The average Bonchev–Trinajstić information content (AvgIpc) is 2.80. The summed E-state index contributed by atoms with van der Waals surface area (Å²) in [6, 6.07) is 0. The first kappa shape index (κ1) is 11.3. The number of carbonyl (C=O) groups excluding carboxylic acids is 1. The van der Waals surface area contributed by atoms with Crippen LogP contribution in [0.4, 0.5) is 17.6 Å². The Hall–Kier alpha value is -0.810. The molecular formula is C8H11F4NO. The molecule has 0 bridgehead atoms. The van der Waals surface area contributed by atoms with Gasteiger partial charge in [0.1, 0.15) is 0 Å². The van der Waals surface area contributed by atoms with Gasteiger partial charge in [-0.2, -0.15) is 8.78 Å². The molecule has 0 unspecified atom stereocenters. The molecule has 0 aromatic carbocycles. The zero-order chi connectivity index (χ0) is 11.0. The molecule has 1 amide bonds. The number of hydrogen-bond donors (Lipinski definition) is 1. The van der Waals surface area contributed by atoms with Gasteiger partial charge in [0, 0.05) is 6.54 Å². The van der Waals surface area contributed by atoms with E-state index in [9.17, 15) is 22.4 Å². The van der Waals surface area contributed by atoms with Crippen LogP contribution >= 0.6 is 0 Å². The molecule has 82 valence electrons. The van der Waals surface area contributed by atoms with E-state index in [1.54, 1.807) is 6.92 Å². The van der Waals surface area contributed by atoms with Gasteiger partial charge >= 0.3 is 12.3 Å². The van der Waals surface area contributed by atoms with E-state index in [4.69, 9.17) is 0 Å². The van der Waals surface area contributed by atoms with Gasteiger partial charge in [0.15, 0.2) is 0 Å². The average molecular weight is 213 g/mol. The number of halogens is 4. The molecule has 6 heteroatoms. The summed E-state index contributed by atoms with van der Waals surface area (Å²) in [5.41, 5.74) is -0.173. The van der Waals surface area contributed by atoms with Gasteiger partial charge in [-0.25, -0.2) is 8.78 Å². The van der Waals surface area contributed by atoms with Gasteiger partial charge in [-0.3, -0.25) is 4.79 Å². The Bertz CT molecular complexity index is 237. The lowest BCUT2D eigenvalue weighted by molar-refractivity contribution is -0.169. The van der Waals surface area contributed by atoms with Gasteiger partial charge in [-0.1, -0.05) is 6.92 Å². The minimum atomic E-state index is -4.58. The third kappa shape index (κ3) is 2.36. The van der Waals surface area contributed by atoms with Crippen molar-refractivity contribution in [1.82, 2.24) is 5.32 Å². The first-order chi connectivity index (χ1) is 6.28. The fourth-order valence-corrected chi connectivity index (χ4v) is 0.901. The third-order valence-corrected chi connectivity index (χ3v) is 2.36. The van der Waals surface area contributed by atoms with E-state index < -0.39 is 18.3 Å². The highest BCUT2D eigenvalue weighted by molar-refractivity contribution is 5.83. The van der Waals surface area contributed by atoms with Gasteiger partial charge in [0.25, 0.3) is 5.91 Å². The molecule has 1 rings (SSSR count). The van der Waals surface area contributed by atoms with E-state index in [1.807, 2.05) is 5.32 Å². The summed E-state index contributed by atoms with van der Waals surface area (Å²) in [4.78, 5) is 10.6. The molecule has 0 aliphatic heterocycles. The van der Waals surface area contributed by atoms with Crippen LogP contribution in [0.5, 0.6) is 0 Å². The lowest BCUT2D eigenvalue weighted by Crippen LogP contribution is -2.46. The van der Waals surface area contributed by atoms with Crippen molar-refractivity contribution in [2.75, 3.05) is 6.54 Å². The molecule has 0 heterocycles. The summed E-state index contributed by atoms with van der Waals surface area (Å²) in [7, 11) is 0. The van der Waals surface area contributed by atoms with E-state index in [0.717, 1.165) is 12.8 Å². The molecule has 1 saturated carbocycles. The van der Waals surface area contributed by atoms with Gasteiger partial charge in [0.2, 0.25) is 0 Å². The molecule has 1 aliphatic carbocycles. The Labute approximate surface area is 78.7 Å². The number of hydrogen-bond acceptors (Lipinski definition) is 1. The van der Waals surface area contributed by atoms with Crippen LogP contribution in [0.2, 0.25) is 0 Å². The fourth-order valence-electron chi connectivity index (χ4n) is 0.901. The molecule has 1 aliphatic rings. The lowest BCUT2D eigenvalue weighted by Gasteiger charge is -2.16. The van der Waals surface area contributed by atoms with Crippen molar-refractivity contribution in [2.24, 2.45) is 5.41 Å². The molecule has 1 N–H and O–H groups in total.